The summed E-state index contributed by atoms with van der Waals surface area (Å²) in [6.07, 6.45) is 8.35. The third-order valence-corrected chi connectivity index (χ3v) is 5.29. The molecule has 0 N–H and O–H groups in total. The third kappa shape index (κ3) is 3.54. The van der Waals surface area contributed by atoms with Gasteiger partial charge in [0, 0.05) is 18.0 Å². The minimum absolute atomic E-state index is 0.0605. The summed E-state index contributed by atoms with van der Waals surface area (Å²) in [7, 11) is 0. The van der Waals surface area contributed by atoms with Crippen molar-refractivity contribution in [2.24, 2.45) is 0 Å². The number of ether oxygens (including phenoxy) is 1. The zero-order valence-electron chi connectivity index (χ0n) is 15.9. The second-order valence-corrected chi connectivity index (χ2v) is 7.24. The maximum atomic E-state index is 13.3. The topological polar surface area (TPSA) is 74.1 Å². The molecule has 0 amide bonds. The number of fused-ring (bicyclic) bond motifs is 1. The number of para-hydroxylation sites is 1. The average Bonchev–Trinajstić information content (AvgIpc) is 2.74. The Morgan fingerprint density at radius 3 is 2.68 bits per heavy atom. The molecule has 2 heterocycles. The van der Waals surface area contributed by atoms with Crippen molar-refractivity contribution in [2.45, 2.75) is 51.2 Å². The number of aromatic nitrogens is 3. The van der Waals surface area contributed by atoms with Gasteiger partial charge in [0.2, 0.25) is 0 Å². The van der Waals surface area contributed by atoms with E-state index >= 15 is 0 Å². The minimum Gasteiger partial charge on any atom is -0.461 e. The van der Waals surface area contributed by atoms with Gasteiger partial charge in [-0.25, -0.2) is 9.78 Å². The molecule has 144 valence electrons. The minimum atomic E-state index is -0.776. The molecule has 0 saturated heterocycles. The van der Waals surface area contributed by atoms with Crippen molar-refractivity contribution in [3.8, 4) is 11.4 Å². The summed E-state index contributed by atoms with van der Waals surface area (Å²) in [5, 5.41) is 0.479. The van der Waals surface area contributed by atoms with Crippen LogP contribution in [0.2, 0.25) is 0 Å². The molecule has 1 aliphatic rings. The molecule has 1 aromatic carbocycles. The van der Waals surface area contributed by atoms with Gasteiger partial charge in [-0.3, -0.25) is 14.3 Å². The van der Waals surface area contributed by atoms with Crippen molar-refractivity contribution in [2.75, 3.05) is 0 Å². The molecule has 0 spiro atoms. The summed E-state index contributed by atoms with van der Waals surface area (Å²) in [6, 6.07) is 10.0. The fraction of sp³-hybridized carbons (Fsp3) is 0.364. The lowest BCUT2D eigenvalue weighted by atomic mass is 9.98. The van der Waals surface area contributed by atoms with Crippen molar-refractivity contribution < 1.29 is 9.53 Å². The molecule has 6 nitrogen and oxygen atoms in total. The third-order valence-electron chi connectivity index (χ3n) is 5.29. The van der Waals surface area contributed by atoms with Crippen LogP contribution in [-0.4, -0.2) is 26.6 Å². The highest BCUT2D eigenvalue weighted by atomic mass is 16.5. The average molecular weight is 377 g/mol. The van der Waals surface area contributed by atoms with Crippen LogP contribution in [0, 0.1) is 0 Å². The first-order valence-corrected chi connectivity index (χ1v) is 9.77. The lowest BCUT2D eigenvalue weighted by molar-refractivity contribution is -0.154. The van der Waals surface area contributed by atoms with E-state index in [1.54, 1.807) is 43.6 Å². The van der Waals surface area contributed by atoms with Crippen LogP contribution in [-0.2, 0) is 9.53 Å². The van der Waals surface area contributed by atoms with Gasteiger partial charge in [-0.15, -0.1) is 0 Å². The molecular formula is C22H23N3O3. The maximum absolute atomic E-state index is 13.3. The van der Waals surface area contributed by atoms with E-state index < -0.39 is 12.0 Å². The lowest BCUT2D eigenvalue weighted by Crippen LogP contribution is -2.33. The number of esters is 1. The van der Waals surface area contributed by atoms with Crippen LogP contribution < -0.4 is 5.56 Å². The van der Waals surface area contributed by atoms with Crippen LogP contribution in [0.3, 0.4) is 0 Å². The smallest absolute Gasteiger partial charge is 0.329 e. The molecule has 0 aliphatic heterocycles. The molecule has 1 fully saturated rings. The molecule has 2 aromatic heterocycles. The summed E-state index contributed by atoms with van der Waals surface area (Å²) in [5.41, 5.74) is 1.02. The fourth-order valence-corrected chi connectivity index (χ4v) is 3.75. The molecular weight excluding hydrogens is 354 g/mol. The van der Waals surface area contributed by atoms with Gasteiger partial charge in [0.15, 0.2) is 0 Å². The van der Waals surface area contributed by atoms with Gasteiger partial charge in [-0.1, -0.05) is 18.6 Å². The van der Waals surface area contributed by atoms with Crippen LogP contribution in [0.15, 0.2) is 53.6 Å². The van der Waals surface area contributed by atoms with E-state index in [0.717, 1.165) is 25.7 Å². The number of benzene rings is 1. The summed E-state index contributed by atoms with van der Waals surface area (Å²) in [6.45, 7) is 1.70. The Morgan fingerprint density at radius 2 is 1.93 bits per heavy atom. The van der Waals surface area contributed by atoms with Crippen molar-refractivity contribution in [3.05, 3.63) is 59.1 Å². The van der Waals surface area contributed by atoms with Crippen LogP contribution in [0.4, 0.5) is 0 Å². The molecule has 1 atom stereocenters. The molecule has 1 unspecified atom stereocenters. The largest absolute Gasteiger partial charge is 0.461 e. The van der Waals surface area contributed by atoms with Crippen LogP contribution >= 0.6 is 0 Å². The van der Waals surface area contributed by atoms with E-state index in [4.69, 9.17) is 4.74 Å². The van der Waals surface area contributed by atoms with E-state index in [9.17, 15) is 9.59 Å². The number of pyridine rings is 1. The fourth-order valence-electron chi connectivity index (χ4n) is 3.75. The second-order valence-electron chi connectivity index (χ2n) is 7.24. The first kappa shape index (κ1) is 18.3. The van der Waals surface area contributed by atoms with Crippen LogP contribution in [0.25, 0.3) is 22.3 Å². The van der Waals surface area contributed by atoms with Crippen molar-refractivity contribution in [1.29, 1.82) is 0 Å². The van der Waals surface area contributed by atoms with E-state index in [1.165, 1.54) is 11.0 Å². The number of carbonyl (C=O) groups is 1. The number of rotatable bonds is 4. The highest BCUT2D eigenvalue weighted by Gasteiger charge is 2.26. The lowest BCUT2D eigenvalue weighted by Gasteiger charge is -2.25. The molecule has 28 heavy (non-hydrogen) atoms. The van der Waals surface area contributed by atoms with Gasteiger partial charge in [0.05, 0.1) is 10.9 Å². The predicted octanol–water partition coefficient (Wildman–Crippen LogP) is 3.90. The van der Waals surface area contributed by atoms with Gasteiger partial charge in [-0.05, 0) is 56.9 Å². The van der Waals surface area contributed by atoms with Gasteiger partial charge >= 0.3 is 5.97 Å². The number of hydrogen-bond donors (Lipinski definition) is 0. The molecule has 1 saturated carbocycles. The Balaban J connectivity index is 1.78. The van der Waals surface area contributed by atoms with E-state index in [1.807, 2.05) is 12.1 Å². The Kier molecular flexibility index (Phi) is 5.19. The first-order valence-electron chi connectivity index (χ1n) is 9.77. The van der Waals surface area contributed by atoms with Crippen molar-refractivity contribution in [3.63, 3.8) is 0 Å². The second kappa shape index (κ2) is 7.92. The first-order chi connectivity index (χ1) is 13.6. The zero-order valence-corrected chi connectivity index (χ0v) is 15.9. The Bertz CT molecular complexity index is 1040. The SMILES string of the molecule is CC(C(=O)OC1CCCCC1)n1c(-c2cccnc2)nc2ccccc2c1=O. The van der Waals surface area contributed by atoms with E-state index in [2.05, 4.69) is 9.97 Å². The van der Waals surface area contributed by atoms with Crippen molar-refractivity contribution in [1.82, 2.24) is 14.5 Å². The van der Waals surface area contributed by atoms with Crippen LogP contribution in [0.1, 0.15) is 45.1 Å². The highest BCUT2D eigenvalue weighted by Crippen LogP contribution is 2.25. The number of carbonyl (C=O) groups excluding carboxylic acids is 1. The number of nitrogens with zero attached hydrogens (tertiary/aromatic N) is 3. The quantitative estimate of drug-likeness (QED) is 0.645. The molecule has 1 aliphatic carbocycles. The predicted molar refractivity (Wildman–Crippen MR) is 107 cm³/mol. The maximum Gasteiger partial charge on any atom is 0.329 e. The van der Waals surface area contributed by atoms with Gasteiger partial charge < -0.3 is 4.74 Å². The summed E-state index contributed by atoms with van der Waals surface area (Å²) < 4.78 is 7.16. The summed E-state index contributed by atoms with van der Waals surface area (Å²) in [5.74, 6) is 0.0288. The number of hydrogen-bond acceptors (Lipinski definition) is 5. The zero-order chi connectivity index (χ0) is 19.5. The normalized spacial score (nSPS) is 16.0. The van der Waals surface area contributed by atoms with Gasteiger partial charge in [-0.2, -0.15) is 0 Å². The Labute approximate surface area is 163 Å². The van der Waals surface area contributed by atoms with Crippen LogP contribution in [0.5, 0.6) is 0 Å². The Hall–Kier alpha value is -3.02. The highest BCUT2D eigenvalue weighted by molar-refractivity contribution is 5.81. The molecule has 3 aromatic rings. The van der Waals surface area contributed by atoms with Crippen molar-refractivity contribution >= 4 is 16.9 Å². The van der Waals surface area contributed by atoms with Gasteiger partial charge in [0.25, 0.3) is 5.56 Å². The molecule has 6 heteroatoms. The van der Waals surface area contributed by atoms with Gasteiger partial charge in [0.1, 0.15) is 18.0 Å². The van der Waals surface area contributed by atoms with E-state index in [-0.39, 0.29) is 11.7 Å². The molecule has 0 radical (unpaired) electrons. The van der Waals surface area contributed by atoms with E-state index in [0.29, 0.717) is 22.3 Å². The Morgan fingerprint density at radius 1 is 1.14 bits per heavy atom. The monoisotopic (exact) mass is 377 g/mol. The summed E-state index contributed by atoms with van der Waals surface area (Å²) >= 11 is 0. The molecule has 0 bridgehead atoms. The summed E-state index contributed by atoms with van der Waals surface area (Å²) in [4.78, 5) is 34.9. The molecule has 4 rings (SSSR count). The standard InChI is InChI=1S/C22H23N3O3/c1-15(22(27)28-17-9-3-2-4-10-17)25-20(16-8-7-13-23-14-16)24-19-12-6-5-11-18(19)21(25)26/h5-8,11-15,17H,2-4,9-10H2,1H3.